The van der Waals surface area contributed by atoms with Crippen molar-refractivity contribution in [1.29, 1.82) is 0 Å². The first-order chi connectivity index (χ1) is 20.9. The molecule has 16 heteroatoms. The predicted octanol–water partition coefficient (Wildman–Crippen LogP) is 3.80. The van der Waals surface area contributed by atoms with Gasteiger partial charge in [0.05, 0.1) is 21.5 Å². The van der Waals surface area contributed by atoms with Gasteiger partial charge in [0.2, 0.25) is 21.8 Å². The van der Waals surface area contributed by atoms with E-state index in [1.807, 2.05) is 0 Å². The lowest BCUT2D eigenvalue weighted by Gasteiger charge is -2.31. The van der Waals surface area contributed by atoms with Crippen LogP contribution in [0.3, 0.4) is 0 Å². The molecular formula is C28H20BrFN4O7S3. The van der Waals surface area contributed by atoms with Gasteiger partial charge >= 0.3 is 4.87 Å². The van der Waals surface area contributed by atoms with E-state index in [0.29, 0.717) is 25.6 Å². The van der Waals surface area contributed by atoms with Crippen LogP contribution in [0.2, 0.25) is 0 Å². The minimum Gasteiger partial charge on any atom is -0.483 e. The number of nitrogens with one attached hydrogen (secondary N) is 2. The first-order valence-corrected chi connectivity index (χ1v) is 16.8. The number of benzene rings is 3. The summed E-state index contributed by atoms with van der Waals surface area (Å²) >= 11 is 5.47. The molecule has 1 aromatic heterocycles. The van der Waals surface area contributed by atoms with Gasteiger partial charge in [0.15, 0.2) is 6.61 Å². The Balaban J connectivity index is 1.32. The van der Waals surface area contributed by atoms with Crippen LogP contribution in [0.25, 0.3) is 0 Å². The van der Waals surface area contributed by atoms with Crippen LogP contribution in [0.4, 0.5) is 15.8 Å². The number of aromatic nitrogens is 1. The molecule has 3 unspecified atom stereocenters. The Labute approximate surface area is 265 Å². The zero-order valence-corrected chi connectivity index (χ0v) is 26.2. The number of primary sulfonamides is 1. The first kappa shape index (κ1) is 30.2. The number of halogens is 2. The number of imide groups is 1. The molecule has 2 aliphatic rings. The Hall–Kier alpha value is -3.83. The van der Waals surface area contributed by atoms with Crippen molar-refractivity contribution in [1.82, 2.24) is 4.98 Å². The van der Waals surface area contributed by atoms with E-state index < -0.39 is 57.3 Å². The number of hydrogen-bond acceptors (Lipinski definition) is 9. The van der Waals surface area contributed by atoms with Crippen molar-refractivity contribution in [3.63, 3.8) is 0 Å². The zero-order valence-electron chi connectivity index (χ0n) is 22.2. The maximum absolute atomic E-state index is 13.9. The van der Waals surface area contributed by atoms with E-state index in [-0.39, 0.29) is 21.2 Å². The van der Waals surface area contributed by atoms with Crippen molar-refractivity contribution in [2.45, 2.75) is 21.1 Å². The van der Waals surface area contributed by atoms with Gasteiger partial charge in [-0.3, -0.25) is 19.2 Å². The van der Waals surface area contributed by atoms with E-state index in [1.165, 1.54) is 36.4 Å². The number of ether oxygens (including phenoxy) is 1. The van der Waals surface area contributed by atoms with E-state index in [4.69, 9.17) is 9.88 Å². The van der Waals surface area contributed by atoms with Gasteiger partial charge in [-0.2, -0.15) is 0 Å². The summed E-state index contributed by atoms with van der Waals surface area (Å²) in [5, 5.41) is 7.30. The fourth-order valence-electron chi connectivity index (χ4n) is 5.16. The van der Waals surface area contributed by atoms with Gasteiger partial charge in [-0.15, -0.1) is 0 Å². The highest BCUT2D eigenvalue weighted by atomic mass is 79.9. The number of nitrogens with zero attached hydrogens (tertiary/aromatic N) is 1. The maximum Gasteiger partial charge on any atom is 0.305 e. The number of anilines is 2. The Morgan fingerprint density at radius 2 is 1.75 bits per heavy atom. The lowest BCUT2D eigenvalue weighted by Crippen LogP contribution is -2.32. The third-order valence-corrected chi connectivity index (χ3v) is 10.9. The van der Waals surface area contributed by atoms with E-state index in [0.717, 1.165) is 40.1 Å². The zero-order chi connectivity index (χ0) is 31.3. The van der Waals surface area contributed by atoms with Crippen molar-refractivity contribution < 1.29 is 31.9 Å². The van der Waals surface area contributed by atoms with Gasteiger partial charge in [0.1, 0.15) is 16.8 Å². The molecule has 4 N–H and O–H groups in total. The third kappa shape index (κ3) is 5.70. The van der Waals surface area contributed by atoms with Crippen molar-refractivity contribution in [3.05, 3.63) is 97.1 Å². The minimum absolute atomic E-state index is 0.112. The highest BCUT2D eigenvalue weighted by molar-refractivity contribution is 9.10. The number of thioether (sulfide) groups is 1. The molecule has 1 fully saturated rings. The Morgan fingerprint density at radius 1 is 1.05 bits per heavy atom. The van der Waals surface area contributed by atoms with Crippen LogP contribution in [0.1, 0.15) is 16.4 Å². The molecular weight excluding hydrogens is 699 g/mol. The number of sulfonamides is 1. The summed E-state index contributed by atoms with van der Waals surface area (Å²) in [7, 11) is -3.89. The molecule has 4 aromatic rings. The summed E-state index contributed by atoms with van der Waals surface area (Å²) in [4.78, 5) is 56.6. The molecule has 3 heterocycles. The van der Waals surface area contributed by atoms with Crippen LogP contribution in [-0.2, 0) is 24.4 Å². The third-order valence-electron chi connectivity index (χ3n) is 7.04. The summed E-state index contributed by atoms with van der Waals surface area (Å²) in [6.45, 7) is -0.452. The van der Waals surface area contributed by atoms with Gasteiger partial charge in [-0.05, 0) is 66.7 Å². The van der Waals surface area contributed by atoms with Crippen LogP contribution in [0.15, 0.2) is 85.9 Å². The quantitative estimate of drug-likeness (QED) is 0.243. The number of hydrogen-bond donors (Lipinski definition) is 3. The number of carbonyl (C=O) groups excluding carboxylic acids is 3. The number of carbonyl (C=O) groups is 3. The highest BCUT2D eigenvalue weighted by Crippen LogP contribution is 2.54. The number of amides is 3. The Kier molecular flexibility index (Phi) is 7.96. The van der Waals surface area contributed by atoms with Crippen LogP contribution in [-0.4, -0.2) is 43.0 Å². The molecule has 2 aliphatic heterocycles. The first-order valence-electron chi connectivity index (χ1n) is 12.8. The number of aromatic amines is 1. The minimum atomic E-state index is -3.89. The number of H-pyrrole nitrogens is 1. The average molecular weight is 720 g/mol. The molecule has 3 amide bonds. The molecule has 44 heavy (non-hydrogen) atoms. The topological polar surface area (TPSA) is 169 Å². The van der Waals surface area contributed by atoms with E-state index >= 15 is 0 Å². The largest absolute Gasteiger partial charge is 0.483 e. The number of thiazole rings is 1. The molecule has 3 aromatic carbocycles. The van der Waals surface area contributed by atoms with Crippen LogP contribution < -0.4 is 25.0 Å². The Morgan fingerprint density at radius 3 is 2.43 bits per heavy atom. The van der Waals surface area contributed by atoms with E-state index in [2.05, 4.69) is 26.2 Å². The standard InChI is InChI=1S/C28H20BrFN4O7S3/c29-13-1-10-19(41-12-20(35)32-15-4-8-17(9-5-15)44(31,39)40)18(11-13)21-22-24(42-25-23(21)43-28(38)33-25)27(37)34(26(22)36)16-6-2-14(30)3-7-16/h1-11,21-22,24H,12H2,(H,32,35)(H,33,38)(H2,31,39,40). The van der Waals surface area contributed by atoms with Gasteiger partial charge in [-0.1, -0.05) is 39.0 Å². The summed E-state index contributed by atoms with van der Waals surface area (Å²) in [5.41, 5.74) is 1.01. The molecule has 3 atom stereocenters. The second kappa shape index (κ2) is 11.6. The van der Waals surface area contributed by atoms with Crippen LogP contribution in [0.5, 0.6) is 5.75 Å². The average Bonchev–Trinajstić information content (AvgIpc) is 3.46. The monoisotopic (exact) mass is 718 g/mol. The second-order valence-electron chi connectivity index (χ2n) is 9.83. The highest BCUT2D eigenvalue weighted by Gasteiger charge is 2.56. The van der Waals surface area contributed by atoms with E-state index in [1.54, 1.807) is 18.2 Å². The number of fused-ring (bicyclic) bond motifs is 2. The van der Waals surface area contributed by atoms with Crippen molar-refractivity contribution >= 4 is 78.1 Å². The summed E-state index contributed by atoms with van der Waals surface area (Å²) in [5.74, 6) is -3.55. The van der Waals surface area contributed by atoms with Gasteiger partial charge in [0.25, 0.3) is 5.91 Å². The summed E-state index contributed by atoms with van der Waals surface area (Å²) in [6.07, 6.45) is 0. The molecule has 0 bridgehead atoms. The van der Waals surface area contributed by atoms with Gasteiger partial charge < -0.3 is 15.0 Å². The van der Waals surface area contributed by atoms with Gasteiger partial charge in [-0.25, -0.2) is 22.8 Å². The maximum atomic E-state index is 13.9. The Bertz CT molecular complexity index is 1980. The van der Waals surface area contributed by atoms with Crippen LogP contribution >= 0.6 is 39.0 Å². The fraction of sp³-hybridized carbons (Fsp3) is 0.143. The lowest BCUT2D eigenvalue weighted by atomic mass is 9.82. The van der Waals surface area contributed by atoms with Crippen molar-refractivity contribution in [3.8, 4) is 5.75 Å². The smallest absolute Gasteiger partial charge is 0.305 e. The molecule has 0 aliphatic carbocycles. The molecule has 226 valence electrons. The second-order valence-corrected chi connectivity index (χ2v) is 14.5. The number of rotatable bonds is 7. The summed E-state index contributed by atoms with van der Waals surface area (Å²) < 4.78 is 43.2. The molecule has 0 spiro atoms. The summed E-state index contributed by atoms with van der Waals surface area (Å²) in [6, 6.07) is 15.3. The van der Waals surface area contributed by atoms with Crippen molar-refractivity contribution in [2.24, 2.45) is 11.1 Å². The predicted molar refractivity (Wildman–Crippen MR) is 165 cm³/mol. The molecule has 6 rings (SSSR count). The fourth-order valence-corrected chi connectivity index (χ4v) is 8.56. The SMILES string of the molecule is NS(=O)(=O)c1ccc(NC(=O)COc2ccc(Br)cc2C2c3sc(=O)[nH]c3SC3C(=O)N(c4ccc(F)cc4)C(=O)C32)cc1. The molecule has 1 saturated heterocycles. The van der Waals surface area contributed by atoms with E-state index in [9.17, 15) is 32.0 Å². The molecule has 0 radical (unpaired) electrons. The number of nitrogens with two attached hydrogens (primary N) is 1. The lowest BCUT2D eigenvalue weighted by molar-refractivity contribution is -0.122. The normalized spacial score (nSPS) is 19.4. The molecule has 0 saturated carbocycles. The molecule has 11 nitrogen and oxygen atoms in total. The van der Waals surface area contributed by atoms with Gasteiger partial charge in [0, 0.05) is 26.5 Å². The van der Waals surface area contributed by atoms with Crippen LogP contribution in [0, 0.1) is 11.7 Å². The van der Waals surface area contributed by atoms with Crippen molar-refractivity contribution in [2.75, 3.05) is 16.8 Å².